The summed E-state index contributed by atoms with van der Waals surface area (Å²) in [6.45, 7) is 0.477. The molecular weight excluding hydrogens is 208 g/mol. The molecule has 0 saturated carbocycles. The molecule has 2 aromatic heterocycles. The molecule has 2 heterocycles. The maximum absolute atomic E-state index is 11.5. The number of carbonyl (C=O) groups is 1. The van der Waals surface area contributed by atoms with Crippen molar-refractivity contribution in [2.45, 2.75) is 6.42 Å². The number of rotatable bonds is 4. The summed E-state index contributed by atoms with van der Waals surface area (Å²) in [6.07, 6.45) is 6.45. The first-order valence-electron chi connectivity index (χ1n) is 4.75. The van der Waals surface area contributed by atoms with Gasteiger partial charge in [-0.05, 0) is 0 Å². The second-order valence-corrected chi connectivity index (χ2v) is 3.03. The predicted molar refractivity (Wildman–Crippen MR) is 54.5 cm³/mol. The van der Waals surface area contributed by atoms with E-state index in [1.807, 2.05) is 0 Å². The summed E-state index contributed by atoms with van der Waals surface area (Å²) in [5, 5.41) is 9.13. The van der Waals surface area contributed by atoms with Gasteiger partial charge >= 0.3 is 0 Å². The van der Waals surface area contributed by atoms with Crippen molar-refractivity contribution in [3.8, 4) is 0 Å². The zero-order chi connectivity index (χ0) is 11.2. The zero-order valence-corrected chi connectivity index (χ0v) is 8.42. The predicted octanol–water partition coefficient (Wildman–Crippen LogP) is -0.433. The summed E-state index contributed by atoms with van der Waals surface area (Å²) in [4.78, 5) is 23.1. The molecule has 0 aromatic carbocycles. The average Bonchev–Trinajstić information content (AvgIpc) is 2.83. The molecule has 2 aromatic rings. The van der Waals surface area contributed by atoms with Crippen LogP contribution in [0.2, 0.25) is 0 Å². The normalized spacial score (nSPS) is 10.0. The number of aromatic amines is 1. The second kappa shape index (κ2) is 4.96. The number of hydrogen-bond donors (Lipinski definition) is 2. The minimum Gasteiger partial charge on any atom is -0.350 e. The van der Waals surface area contributed by atoms with Gasteiger partial charge in [0.15, 0.2) is 0 Å². The standard InChI is InChI=1S/C9H10N6O/c16-9(7-5-10-3-4-11-7)12-2-1-8-13-6-14-15-8/h3-6H,1-2H2,(H,12,16)(H,13,14,15). The van der Waals surface area contributed by atoms with Crippen molar-refractivity contribution in [3.05, 3.63) is 36.4 Å². The van der Waals surface area contributed by atoms with E-state index in [1.165, 1.54) is 24.9 Å². The first-order chi connectivity index (χ1) is 7.86. The Morgan fingerprint density at radius 2 is 2.31 bits per heavy atom. The van der Waals surface area contributed by atoms with E-state index in [9.17, 15) is 4.79 Å². The number of hydrogen-bond acceptors (Lipinski definition) is 5. The first kappa shape index (κ1) is 10.2. The Kier molecular flexibility index (Phi) is 3.17. The van der Waals surface area contributed by atoms with E-state index in [4.69, 9.17) is 0 Å². The molecule has 7 heteroatoms. The molecule has 0 aliphatic rings. The Morgan fingerprint density at radius 3 is 3.00 bits per heavy atom. The molecule has 2 N–H and O–H groups in total. The van der Waals surface area contributed by atoms with Crippen molar-refractivity contribution in [3.63, 3.8) is 0 Å². The summed E-state index contributed by atoms with van der Waals surface area (Å²) in [6, 6.07) is 0. The Morgan fingerprint density at radius 1 is 1.38 bits per heavy atom. The summed E-state index contributed by atoms with van der Waals surface area (Å²) in [5.41, 5.74) is 0.306. The van der Waals surface area contributed by atoms with E-state index in [0.717, 1.165) is 5.82 Å². The summed E-state index contributed by atoms with van der Waals surface area (Å²) in [7, 11) is 0. The lowest BCUT2D eigenvalue weighted by Gasteiger charge is -2.01. The van der Waals surface area contributed by atoms with Gasteiger partial charge in [0.1, 0.15) is 17.8 Å². The highest BCUT2D eigenvalue weighted by molar-refractivity contribution is 5.91. The third-order valence-corrected chi connectivity index (χ3v) is 1.91. The molecule has 2 rings (SSSR count). The van der Waals surface area contributed by atoms with Crippen molar-refractivity contribution in [2.75, 3.05) is 6.54 Å². The van der Waals surface area contributed by atoms with Crippen LogP contribution < -0.4 is 5.32 Å². The van der Waals surface area contributed by atoms with Gasteiger partial charge < -0.3 is 5.32 Å². The summed E-state index contributed by atoms with van der Waals surface area (Å²) >= 11 is 0. The van der Waals surface area contributed by atoms with Crippen molar-refractivity contribution in [1.29, 1.82) is 0 Å². The Balaban J connectivity index is 1.81. The van der Waals surface area contributed by atoms with Gasteiger partial charge in [-0.2, -0.15) is 5.10 Å². The molecule has 0 aliphatic heterocycles. The van der Waals surface area contributed by atoms with E-state index in [0.29, 0.717) is 18.7 Å². The molecule has 0 unspecified atom stereocenters. The monoisotopic (exact) mass is 218 g/mol. The largest absolute Gasteiger partial charge is 0.350 e. The van der Waals surface area contributed by atoms with Crippen LogP contribution in [0.4, 0.5) is 0 Å². The van der Waals surface area contributed by atoms with Crippen molar-refractivity contribution in [1.82, 2.24) is 30.5 Å². The van der Waals surface area contributed by atoms with Crippen LogP contribution in [0.25, 0.3) is 0 Å². The minimum absolute atomic E-state index is 0.243. The van der Waals surface area contributed by atoms with Gasteiger partial charge in [0.2, 0.25) is 0 Å². The first-order valence-corrected chi connectivity index (χ1v) is 4.75. The maximum Gasteiger partial charge on any atom is 0.271 e. The second-order valence-electron chi connectivity index (χ2n) is 3.03. The molecule has 7 nitrogen and oxygen atoms in total. The molecule has 16 heavy (non-hydrogen) atoms. The van der Waals surface area contributed by atoms with Crippen LogP contribution >= 0.6 is 0 Å². The highest BCUT2D eigenvalue weighted by Gasteiger charge is 2.05. The minimum atomic E-state index is -0.243. The molecule has 0 aliphatic carbocycles. The van der Waals surface area contributed by atoms with E-state index in [-0.39, 0.29) is 5.91 Å². The van der Waals surface area contributed by atoms with Gasteiger partial charge in [0, 0.05) is 25.4 Å². The van der Waals surface area contributed by atoms with Crippen LogP contribution in [0.3, 0.4) is 0 Å². The average molecular weight is 218 g/mol. The number of H-pyrrole nitrogens is 1. The molecule has 1 amide bonds. The molecule has 0 saturated heterocycles. The lowest BCUT2D eigenvalue weighted by molar-refractivity contribution is 0.0948. The highest BCUT2D eigenvalue weighted by Crippen LogP contribution is 1.90. The van der Waals surface area contributed by atoms with Crippen LogP contribution in [-0.4, -0.2) is 37.6 Å². The number of nitrogens with one attached hydrogen (secondary N) is 2. The van der Waals surface area contributed by atoms with Crippen molar-refractivity contribution < 1.29 is 4.79 Å². The van der Waals surface area contributed by atoms with Gasteiger partial charge in [-0.25, -0.2) is 9.97 Å². The van der Waals surface area contributed by atoms with Gasteiger partial charge in [-0.1, -0.05) is 0 Å². The van der Waals surface area contributed by atoms with Crippen LogP contribution in [0.5, 0.6) is 0 Å². The zero-order valence-electron chi connectivity index (χ0n) is 8.42. The fourth-order valence-corrected chi connectivity index (χ4v) is 1.15. The molecule has 0 radical (unpaired) electrons. The van der Waals surface area contributed by atoms with Crippen molar-refractivity contribution in [2.24, 2.45) is 0 Å². The van der Waals surface area contributed by atoms with Gasteiger partial charge in [0.25, 0.3) is 5.91 Å². The summed E-state index contributed by atoms with van der Waals surface area (Å²) < 4.78 is 0. The molecule has 0 spiro atoms. The molecule has 0 fully saturated rings. The molecule has 0 atom stereocenters. The third kappa shape index (κ3) is 2.59. The lowest BCUT2D eigenvalue weighted by atomic mass is 10.3. The Labute approximate surface area is 91.4 Å². The Hall–Kier alpha value is -2.31. The molecule has 82 valence electrons. The summed E-state index contributed by atoms with van der Waals surface area (Å²) in [5.74, 6) is 0.493. The number of carbonyl (C=O) groups excluding carboxylic acids is 1. The van der Waals surface area contributed by atoms with Gasteiger partial charge in [0.05, 0.1) is 6.20 Å². The van der Waals surface area contributed by atoms with E-state index in [1.54, 1.807) is 0 Å². The Bertz CT molecular complexity index is 440. The fraction of sp³-hybridized carbons (Fsp3) is 0.222. The smallest absolute Gasteiger partial charge is 0.271 e. The van der Waals surface area contributed by atoms with E-state index < -0.39 is 0 Å². The fourth-order valence-electron chi connectivity index (χ4n) is 1.15. The maximum atomic E-state index is 11.5. The molecular formula is C9H10N6O. The SMILES string of the molecule is O=C(NCCc1ncn[nH]1)c1cnccn1. The van der Waals surface area contributed by atoms with E-state index in [2.05, 4.69) is 30.5 Å². The topological polar surface area (TPSA) is 96.5 Å². The molecule has 0 bridgehead atoms. The van der Waals surface area contributed by atoms with Gasteiger partial charge in [-0.3, -0.25) is 14.9 Å². The van der Waals surface area contributed by atoms with Crippen LogP contribution in [0.1, 0.15) is 16.3 Å². The quantitative estimate of drug-likeness (QED) is 0.725. The highest BCUT2D eigenvalue weighted by atomic mass is 16.1. The number of amides is 1. The van der Waals surface area contributed by atoms with Crippen molar-refractivity contribution >= 4 is 5.91 Å². The third-order valence-electron chi connectivity index (χ3n) is 1.91. The number of aromatic nitrogens is 5. The van der Waals surface area contributed by atoms with Crippen LogP contribution in [0.15, 0.2) is 24.9 Å². The van der Waals surface area contributed by atoms with Crippen LogP contribution in [-0.2, 0) is 6.42 Å². The van der Waals surface area contributed by atoms with Gasteiger partial charge in [-0.15, -0.1) is 0 Å². The number of nitrogens with zero attached hydrogens (tertiary/aromatic N) is 4. The van der Waals surface area contributed by atoms with E-state index >= 15 is 0 Å². The lowest BCUT2D eigenvalue weighted by Crippen LogP contribution is -2.26. The van der Waals surface area contributed by atoms with Crippen LogP contribution in [0, 0.1) is 0 Å².